The van der Waals surface area contributed by atoms with Crippen molar-refractivity contribution in [2.45, 2.75) is 31.8 Å². The molecule has 0 spiro atoms. The van der Waals surface area contributed by atoms with Crippen LogP contribution in [0.2, 0.25) is 0 Å². The summed E-state index contributed by atoms with van der Waals surface area (Å²) in [5.74, 6) is -0.278. The molecule has 0 bridgehead atoms. The van der Waals surface area contributed by atoms with Gasteiger partial charge in [-0.1, -0.05) is 30.3 Å². The van der Waals surface area contributed by atoms with Crippen molar-refractivity contribution >= 4 is 0 Å². The third-order valence-corrected chi connectivity index (χ3v) is 5.57. The fourth-order valence-electron chi connectivity index (χ4n) is 3.88. The Labute approximate surface area is 174 Å². The zero-order valence-corrected chi connectivity index (χ0v) is 16.3. The summed E-state index contributed by atoms with van der Waals surface area (Å²) in [6.07, 6.45) is 0.0176. The normalized spacial score (nSPS) is 15.5. The summed E-state index contributed by atoms with van der Waals surface area (Å²) < 4.78 is 5.37. The molecule has 1 atom stereocenters. The van der Waals surface area contributed by atoms with E-state index in [4.69, 9.17) is 4.74 Å². The van der Waals surface area contributed by atoms with Gasteiger partial charge in [0.1, 0.15) is 17.6 Å². The molecule has 4 rings (SSSR count). The third-order valence-electron chi connectivity index (χ3n) is 5.57. The summed E-state index contributed by atoms with van der Waals surface area (Å²) in [4.78, 5) is 0. The van der Waals surface area contributed by atoms with E-state index in [0.717, 1.165) is 27.8 Å². The highest BCUT2D eigenvalue weighted by molar-refractivity contribution is 5.51. The van der Waals surface area contributed by atoms with E-state index in [0.29, 0.717) is 17.7 Å². The van der Waals surface area contributed by atoms with Crippen molar-refractivity contribution in [1.82, 2.24) is 0 Å². The minimum Gasteiger partial charge on any atom is -0.508 e. The first-order chi connectivity index (χ1) is 14.5. The molecule has 1 aliphatic heterocycles. The SMILES string of the molecule is OCc1cc(C(c2ccc(O)c(CO)c2)c2ccc(C3CO3)c(CO)c2)ccc1O. The molecule has 3 aromatic rings. The molecule has 1 unspecified atom stereocenters. The van der Waals surface area contributed by atoms with Gasteiger partial charge in [-0.3, -0.25) is 0 Å². The highest BCUT2D eigenvalue weighted by Crippen LogP contribution is 2.39. The maximum atomic E-state index is 9.99. The van der Waals surface area contributed by atoms with Crippen molar-refractivity contribution in [3.05, 3.63) is 93.5 Å². The van der Waals surface area contributed by atoms with Gasteiger partial charge in [0, 0.05) is 17.0 Å². The first-order valence-corrected chi connectivity index (χ1v) is 9.76. The molecule has 1 saturated heterocycles. The van der Waals surface area contributed by atoms with Gasteiger partial charge >= 0.3 is 0 Å². The number of ether oxygens (including phenoxy) is 1. The van der Waals surface area contributed by atoms with Crippen molar-refractivity contribution in [3.63, 3.8) is 0 Å². The van der Waals surface area contributed by atoms with E-state index in [1.807, 2.05) is 18.2 Å². The minimum atomic E-state index is -0.304. The van der Waals surface area contributed by atoms with E-state index in [1.165, 1.54) is 0 Å². The van der Waals surface area contributed by atoms with Crippen molar-refractivity contribution < 1.29 is 30.3 Å². The van der Waals surface area contributed by atoms with Gasteiger partial charge in [0.2, 0.25) is 0 Å². The Balaban J connectivity index is 1.88. The van der Waals surface area contributed by atoms with Gasteiger partial charge in [0.25, 0.3) is 0 Å². The van der Waals surface area contributed by atoms with Crippen LogP contribution in [0.1, 0.15) is 51.0 Å². The summed E-state index contributed by atoms with van der Waals surface area (Å²) in [6.45, 7) is -0.0798. The number of hydrogen-bond acceptors (Lipinski definition) is 6. The smallest absolute Gasteiger partial charge is 0.121 e. The highest BCUT2D eigenvalue weighted by atomic mass is 16.6. The van der Waals surface area contributed by atoms with Gasteiger partial charge in [-0.05, 0) is 52.1 Å². The van der Waals surface area contributed by atoms with Gasteiger partial charge in [-0.2, -0.15) is 0 Å². The molecule has 5 N–H and O–H groups in total. The van der Waals surface area contributed by atoms with Crippen LogP contribution in [-0.2, 0) is 24.6 Å². The Hall–Kier alpha value is -2.90. The summed E-state index contributed by atoms with van der Waals surface area (Å²) in [7, 11) is 0. The van der Waals surface area contributed by atoms with Crippen LogP contribution in [0.4, 0.5) is 0 Å². The topological polar surface area (TPSA) is 114 Å². The number of aliphatic hydroxyl groups excluding tert-OH is 3. The largest absolute Gasteiger partial charge is 0.508 e. The number of rotatable bonds is 7. The van der Waals surface area contributed by atoms with Crippen LogP contribution in [0.15, 0.2) is 54.6 Å². The molecule has 0 aliphatic carbocycles. The lowest BCUT2D eigenvalue weighted by atomic mass is 9.82. The van der Waals surface area contributed by atoms with E-state index in [2.05, 4.69) is 0 Å². The van der Waals surface area contributed by atoms with Crippen LogP contribution in [0.25, 0.3) is 0 Å². The molecule has 3 aromatic carbocycles. The third kappa shape index (κ3) is 3.91. The molecule has 0 radical (unpaired) electrons. The van der Waals surface area contributed by atoms with Crippen molar-refractivity contribution in [2.75, 3.05) is 6.61 Å². The van der Waals surface area contributed by atoms with E-state index in [9.17, 15) is 25.5 Å². The van der Waals surface area contributed by atoms with Gasteiger partial charge in [0.05, 0.1) is 26.4 Å². The van der Waals surface area contributed by atoms with Crippen LogP contribution in [0.5, 0.6) is 11.5 Å². The van der Waals surface area contributed by atoms with Crippen LogP contribution in [-0.4, -0.2) is 32.1 Å². The van der Waals surface area contributed by atoms with E-state index < -0.39 is 0 Å². The summed E-state index contributed by atoms with van der Waals surface area (Å²) in [6, 6.07) is 16.0. The van der Waals surface area contributed by atoms with Crippen molar-refractivity contribution in [3.8, 4) is 11.5 Å². The first kappa shape index (κ1) is 20.4. The summed E-state index contributed by atoms with van der Waals surface area (Å²) in [5.41, 5.74) is 5.10. The van der Waals surface area contributed by atoms with Crippen molar-refractivity contribution in [1.29, 1.82) is 0 Å². The minimum absolute atomic E-state index is 0.0130. The second-order valence-corrected chi connectivity index (χ2v) is 7.46. The molecular formula is C24H24O6. The molecule has 1 aliphatic rings. The predicted molar refractivity (Wildman–Crippen MR) is 110 cm³/mol. The molecule has 0 saturated carbocycles. The lowest BCUT2D eigenvalue weighted by Gasteiger charge is -2.22. The zero-order valence-electron chi connectivity index (χ0n) is 16.3. The van der Waals surface area contributed by atoms with Crippen molar-refractivity contribution in [2.24, 2.45) is 0 Å². The van der Waals surface area contributed by atoms with Crippen LogP contribution < -0.4 is 0 Å². The number of epoxide rings is 1. The molecule has 0 aromatic heterocycles. The van der Waals surface area contributed by atoms with Gasteiger partial charge < -0.3 is 30.3 Å². The van der Waals surface area contributed by atoms with Gasteiger partial charge in [-0.15, -0.1) is 0 Å². The fraction of sp³-hybridized carbons (Fsp3) is 0.250. The number of phenols is 2. The van der Waals surface area contributed by atoms with Crippen LogP contribution >= 0.6 is 0 Å². The maximum absolute atomic E-state index is 9.99. The van der Waals surface area contributed by atoms with E-state index in [-0.39, 0.29) is 43.3 Å². The fourth-order valence-corrected chi connectivity index (χ4v) is 3.88. The van der Waals surface area contributed by atoms with Crippen LogP contribution in [0, 0.1) is 0 Å². The lowest BCUT2D eigenvalue weighted by Crippen LogP contribution is -2.07. The predicted octanol–water partition coefficient (Wildman–Crippen LogP) is 2.83. The standard InChI is InChI=1S/C24H24O6/c25-10-17-7-14(1-4-20(17)23-13-30-23)24(15-2-5-21(28)18(8-15)11-26)16-3-6-22(29)19(9-16)12-27/h1-9,23-29H,10-13H2. The summed E-state index contributed by atoms with van der Waals surface area (Å²) >= 11 is 0. The van der Waals surface area contributed by atoms with Gasteiger partial charge in [-0.25, -0.2) is 0 Å². The number of aromatic hydroxyl groups is 2. The Kier molecular flexibility index (Phi) is 5.74. The van der Waals surface area contributed by atoms with Gasteiger partial charge in [0.15, 0.2) is 0 Å². The number of hydrogen-bond donors (Lipinski definition) is 5. The first-order valence-electron chi connectivity index (χ1n) is 9.76. The molecule has 30 heavy (non-hydrogen) atoms. The quantitative estimate of drug-likeness (QED) is 0.303. The second kappa shape index (κ2) is 8.45. The Morgan fingerprint density at radius 2 is 1.13 bits per heavy atom. The maximum Gasteiger partial charge on any atom is 0.121 e. The Morgan fingerprint density at radius 1 is 0.700 bits per heavy atom. The lowest BCUT2D eigenvalue weighted by molar-refractivity contribution is 0.275. The molecular weight excluding hydrogens is 384 g/mol. The Morgan fingerprint density at radius 3 is 1.57 bits per heavy atom. The average Bonchev–Trinajstić information content (AvgIpc) is 3.61. The molecule has 1 fully saturated rings. The Bertz CT molecular complexity index is 1000. The second-order valence-electron chi connectivity index (χ2n) is 7.46. The molecule has 156 valence electrons. The average molecular weight is 408 g/mol. The summed E-state index contributed by atoms with van der Waals surface area (Å²) in [5, 5.41) is 49.1. The monoisotopic (exact) mass is 408 g/mol. The van der Waals surface area contributed by atoms with E-state index in [1.54, 1.807) is 36.4 Å². The number of benzene rings is 3. The number of aliphatic hydroxyl groups is 3. The van der Waals surface area contributed by atoms with Crippen LogP contribution in [0.3, 0.4) is 0 Å². The van der Waals surface area contributed by atoms with E-state index >= 15 is 0 Å². The molecule has 6 heteroatoms. The molecule has 6 nitrogen and oxygen atoms in total. The molecule has 0 amide bonds. The molecule has 1 heterocycles. The highest BCUT2D eigenvalue weighted by Gasteiger charge is 2.28. The zero-order chi connectivity index (χ0) is 21.3.